The monoisotopic (exact) mass is 340 g/mol. The molecule has 0 spiro atoms. The van der Waals surface area contributed by atoms with E-state index in [1.165, 1.54) is 12.1 Å². The molecule has 96 valence electrons. The molecule has 0 saturated carbocycles. The maximum atomic E-state index is 12.1. The van der Waals surface area contributed by atoms with Crippen LogP contribution in [0.15, 0.2) is 21.5 Å². The second-order valence-electron chi connectivity index (χ2n) is 3.74. The van der Waals surface area contributed by atoms with Crippen LogP contribution in [-0.2, 0) is 10.0 Å². The molecule has 1 unspecified atom stereocenters. The average molecular weight is 342 g/mol. The minimum absolute atomic E-state index is 0.0581. The normalized spacial score (nSPS) is 13.6. The summed E-state index contributed by atoms with van der Waals surface area (Å²) in [5.74, 6) is 0. The van der Waals surface area contributed by atoms with Gasteiger partial charge in [0.05, 0.1) is 9.37 Å². The van der Waals surface area contributed by atoms with Crippen LogP contribution in [0.5, 0.6) is 0 Å². The fourth-order valence-electron chi connectivity index (χ4n) is 1.19. The van der Waals surface area contributed by atoms with Gasteiger partial charge in [-0.1, -0.05) is 18.5 Å². The van der Waals surface area contributed by atoms with Gasteiger partial charge in [-0.05, 0) is 41.4 Å². The van der Waals surface area contributed by atoms with Crippen LogP contribution in [0.4, 0.5) is 5.69 Å². The molecule has 0 fully saturated rings. The molecule has 0 aliphatic carbocycles. The molecule has 0 heterocycles. The topological polar surface area (TPSA) is 72.2 Å². The van der Waals surface area contributed by atoms with Crippen LogP contribution in [0, 0.1) is 0 Å². The summed E-state index contributed by atoms with van der Waals surface area (Å²) in [6, 6.07) is 2.72. The molecule has 7 heteroatoms. The zero-order chi connectivity index (χ0) is 13.2. The number of halogens is 2. The summed E-state index contributed by atoms with van der Waals surface area (Å²) in [5, 5.41) is 0.287. The van der Waals surface area contributed by atoms with E-state index in [9.17, 15) is 8.42 Å². The predicted octanol–water partition coefficient (Wildman–Crippen LogP) is 2.76. The van der Waals surface area contributed by atoms with E-state index in [4.69, 9.17) is 17.3 Å². The molecule has 1 atom stereocenters. The quantitative estimate of drug-likeness (QED) is 0.827. The van der Waals surface area contributed by atoms with Crippen LogP contribution in [-0.4, -0.2) is 14.5 Å². The summed E-state index contributed by atoms with van der Waals surface area (Å²) >= 11 is 8.96. The molecule has 0 aliphatic heterocycles. The van der Waals surface area contributed by atoms with Gasteiger partial charge in [-0.3, -0.25) is 0 Å². The van der Waals surface area contributed by atoms with Crippen molar-refractivity contribution in [1.29, 1.82) is 0 Å². The van der Waals surface area contributed by atoms with Gasteiger partial charge >= 0.3 is 0 Å². The number of nitrogens with two attached hydrogens (primary N) is 1. The number of nitrogen functional groups attached to an aromatic ring is 1. The third kappa shape index (κ3) is 3.58. The van der Waals surface area contributed by atoms with Crippen molar-refractivity contribution in [2.45, 2.75) is 31.2 Å². The SMILES string of the molecule is CCC(C)NS(=O)(=O)c1cc(Cl)cc(N)c1Br. The second kappa shape index (κ2) is 5.56. The second-order valence-corrected chi connectivity index (χ2v) is 6.65. The summed E-state index contributed by atoms with van der Waals surface area (Å²) < 4.78 is 27.0. The van der Waals surface area contributed by atoms with Gasteiger partial charge in [0.1, 0.15) is 0 Å². The lowest BCUT2D eigenvalue weighted by Crippen LogP contribution is -2.32. The first kappa shape index (κ1) is 14.8. The fraction of sp³-hybridized carbons (Fsp3) is 0.400. The highest BCUT2D eigenvalue weighted by Gasteiger charge is 2.21. The van der Waals surface area contributed by atoms with Crippen molar-refractivity contribution in [2.75, 3.05) is 5.73 Å². The lowest BCUT2D eigenvalue weighted by atomic mass is 10.3. The predicted molar refractivity (Wildman–Crippen MR) is 73.6 cm³/mol. The van der Waals surface area contributed by atoms with Crippen LogP contribution in [0.1, 0.15) is 20.3 Å². The standard InChI is InChI=1S/C10H14BrClN2O2S/c1-3-6(2)14-17(15,16)9-5-7(12)4-8(13)10(9)11/h4-6,14H,3,13H2,1-2H3. The van der Waals surface area contributed by atoms with Crippen LogP contribution in [0.3, 0.4) is 0 Å². The first-order valence-corrected chi connectivity index (χ1v) is 7.70. The van der Waals surface area contributed by atoms with Crippen LogP contribution in [0.2, 0.25) is 5.02 Å². The van der Waals surface area contributed by atoms with E-state index in [1.54, 1.807) is 6.92 Å². The van der Waals surface area contributed by atoms with Crippen molar-refractivity contribution < 1.29 is 8.42 Å². The molecule has 1 aromatic carbocycles. The maximum Gasteiger partial charge on any atom is 0.242 e. The van der Waals surface area contributed by atoms with E-state index in [0.29, 0.717) is 16.6 Å². The Hall–Kier alpha value is -0.300. The number of anilines is 1. The molecule has 0 radical (unpaired) electrons. The van der Waals surface area contributed by atoms with Crippen molar-refractivity contribution in [3.8, 4) is 0 Å². The molecule has 1 aromatic rings. The van der Waals surface area contributed by atoms with Crippen LogP contribution in [0.25, 0.3) is 0 Å². The summed E-state index contributed by atoms with van der Waals surface area (Å²) in [6.45, 7) is 3.69. The summed E-state index contributed by atoms with van der Waals surface area (Å²) in [5.41, 5.74) is 5.95. The smallest absolute Gasteiger partial charge is 0.242 e. The highest BCUT2D eigenvalue weighted by molar-refractivity contribution is 9.10. The van der Waals surface area contributed by atoms with Gasteiger partial charge < -0.3 is 5.73 Å². The largest absolute Gasteiger partial charge is 0.398 e. The van der Waals surface area contributed by atoms with Gasteiger partial charge in [0, 0.05) is 16.8 Å². The molecule has 0 amide bonds. The Morgan fingerprint density at radius 3 is 2.65 bits per heavy atom. The Labute approximate surface area is 115 Å². The Bertz CT molecular complexity index is 519. The molecular formula is C10H14BrClN2O2S. The van der Waals surface area contributed by atoms with Crippen molar-refractivity contribution >= 4 is 43.2 Å². The zero-order valence-electron chi connectivity index (χ0n) is 9.50. The lowest BCUT2D eigenvalue weighted by Gasteiger charge is -2.14. The van der Waals surface area contributed by atoms with Crippen LogP contribution < -0.4 is 10.5 Å². The fourth-order valence-corrected chi connectivity index (χ4v) is 3.81. The molecule has 4 nitrogen and oxygen atoms in total. The van der Waals surface area contributed by atoms with E-state index in [2.05, 4.69) is 20.7 Å². The number of hydrogen-bond acceptors (Lipinski definition) is 3. The van der Waals surface area contributed by atoms with Gasteiger partial charge in [0.15, 0.2) is 0 Å². The third-order valence-electron chi connectivity index (χ3n) is 2.29. The third-order valence-corrected chi connectivity index (χ3v) is 5.27. The molecular weight excluding hydrogens is 328 g/mol. The Morgan fingerprint density at radius 2 is 2.12 bits per heavy atom. The number of sulfonamides is 1. The Morgan fingerprint density at radius 1 is 1.53 bits per heavy atom. The van der Waals surface area contributed by atoms with Crippen molar-refractivity contribution in [3.63, 3.8) is 0 Å². The highest BCUT2D eigenvalue weighted by Crippen LogP contribution is 2.31. The van der Waals surface area contributed by atoms with E-state index < -0.39 is 10.0 Å². The molecule has 3 N–H and O–H groups in total. The summed E-state index contributed by atoms with van der Waals surface area (Å²) in [7, 11) is -3.61. The molecule has 0 saturated heterocycles. The lowest BCUT2D eigenvalue weighted by molar-refractivity contribution is 0.555. The summed E-state index contributed by atoms with van der Waals surface area (Å²) in [4.78, 5) is 0.0581. The number of rotatable bonds is 4. The first-order valence-electron chi connectivity index (χ1n) is 5.04. The van der Waals surface area contributed by atoms with Crippen molar-refractivity contribution in [3.05, 3.63) is 21.6 Å². The Balaban J connectivity index is 3.24. The van der Waals surface area contributed by atoms with Gasteiger partial charge in [0.2, 0.25) is 10.0 Å². The van der Waals surface area contributed by atoms with E-state index >= 15 is 0 Å². The minimum Gasteiger partial charge on any atom is -0.398 e. The van der Waals surface area contributed by atoms with Gasteiger partial charge in [-0.2, -0.15) is 0 Å². The minimum atomic E-state index is -3.61. The maximum absolute atomic E-state index is 12.1. The van der Waals surface area contributed by atoms with Crippen LogP contribution >= 0.6 is 27.5 Å². The molecule has 0 aliphatic rings. The molecule has 17 heavy (non-hydrogen) atoms. The van der Waals surface area contributed by atoms with E-state index in [1.807, 2.05) is 6.92 Å². The number of hydrogen-bond donors (Lipinski definition) is 2. The number of benzene rings is 1. The van der Waals surface area contributed by atoms with Gasteiger partial charge in [0.25, 0.3) is 0 Å². The Kier molecular flexibility index (Phi) is 4.83. The van der Waals surface area contributed by atoms with E-state index in [-0.39, 0.29) is 16.0 Å². The molecule has 0 bridgehead atoms. The highest BCUT2D eigenvalue weighted by atomic mass is 79.9. The van der Waals surface area contributed by atoms with Crippen molar-refractivity contribution in [1.82, 2.24) is 4.72 Å². The molecule has 0 aromatic heterocycles. The average Bonchev–Trinajstić information content (AvgIpc) is 2.22. The zero-order valence-corrected chi connectivity index (χ0v) is 12.7. The molecule has 1 rings (SSSR count). The number of nitrogens with one attached hydrogen (secondary N) is 1. The van der Waals surface area contributed by atoms with Crippen molar-refractivity contribution in [2.24, 2.45) is 0 Å². The summed E-state index contributed by atoms with van der Waals surface area (Å²) in [6.07, 6.45) is 0.701. The first-order chi connectivity index (χ1) is 7.77. The van der Waals surface area contributed by atoms with Gasteiger partial charge in [-0.15, -0.1) is 0 Å². The van der Waals surface area contributed by atoms with E-state index in [0.717, 1.165) is 0 Å². The van der Waals surface area contributed by atoms with Gasteiger partial charge in [-0.25, -0.2) is 13.1 Å².